The van der Waals surface area contributed by atoms with Gasteiger partial charge >= 0.3 is 6.09 Å². The van der Waals surface area contributed by atoms with E-state index in [-0.39, 0.29) is 23.7 Å². The monoisotopic (exact) mass is 368 g/mol. The van der Waals surface area contributed by atoms with Gasteiger partial charge in [-0.1, -0.05) is 30.3 Å². The molecule has 1 aliphatic rings. The van der Waals surface area contributed by atoms with Gasteiger partial charge in [0.1, 0.15) is 5.60 Å². The van der Waals surface area contributed by atoms with Crippen LogP contribution in [0.2, 0.25) is 0 Å². The Balaban J connectivity index is 1.61. The van der Waals surface area contributed by atoms with Crippen LogP contribution < -0.4 is 5.32 Å². The Morgan fingerprint density at radius 3 is 2.63 bits per heavy atom. The summed E-state index contributed by atoms with van der Waals surface area (Å²) >= 11 is 0. The number of amides is 2. The third-order valence-corrected chi connectivity index (χ3v) is 4.17. The molecule has 142 valence electrons. The van der Waals surface area contributed by atoms with E-state index in [0.717, 1.165) is 11.1 Å². The third-order valence-electron chi connectivity index (χ3n) is 4.17. The summed E-state index contributed by atoms with van der Waals surface area (Å²) in [5, 5.41) is 10.8. The van der Waals surface area contributed by atoms with Crippen molar-refractivity contribution in [3.63, 3.8) is 0 Å². The van der Waals surface area contributed by atoms with Crippen molar-refractivity contribution >= 4 is 12.0 Å². The maximum atomic E-state index is 12.5. The fourth-order valence-corrected chi connectivity index (χ4v) is 2.90. The van der Waals surface area contributed by atoms with Gasteiger partial charge in [-0.15, -0.1) is 5.10 Å². The minimum atomic E-state index is -0.536. The summed E-state index contributed by atoms with van der Waals surface area (Å²) < 4.78 is 5.38. The van der Waals surface area contributed by atoms with E-state index in [0.29, 0.717) is 19.5 Å². The highest BCUT2D eigenvalue weighted by atomic mass is 16.6. The molecule has 27 heavy (non-hydrogen) atoms. The Kier molecular flexibility index (Phi) is 5.39. The van der Waals surface area contributed by atoms with Crippen LogP contribution in [0.3, 0.4) is 0 Å². The second-order valence-corrected chi connectivity index (χ2v) is 7.58. The summed E-state index contributed by atoms with van der Waals surface area (Å²) in [6, 6.07) is 11.3. The van der Waals surface area contributed by atoms with Gasteiger partial charge in [0.15, 0.2) is 5.69 Å². The van der Waals surface area contributed by atoms with Gasteiger partial charge in [0, 0.05) is 24.7 Å². The lowest BCUT2D eigenvalue weighted by molar-refractivity contribution is 0.0290. The zero-order chi connectivity index (χ0) is 19.4. The Labute approximate surface area is 158 Å². The van der Waals surface area contributed by atoms with Gasteiger partial charge in [0.05, 0.1) is 6.20 Å². The highest BCUT2D eigenvalue weighted by Crippen LogP contribution is 2.19. The molecular weight excluding hydrogens is 344 g/mol. The molecule has 1 N–H and O–H groups in total. The lowest BCUT2D eigenvalue weighted by Crippen LogP contribution is -2.40. The first-order valence-corrected chi connectivity index (χ1v) is 8.99. The molecule has 0 aliphatic carbocycles. The van der Waals surface area contributed by atoms with Crippen molar-refractivity contribution in [2.75, 3.05) is 13.1 Å². The summed E-state index contributed by atoms with van der Waals surface area (Å²) in [5.41, 5.74) is 1.52. The number of rotatable bonds is 3. The maximum Gasteiger partial charge on any atom is 0.410 e. The summed E-state index contributed by atoms with van der Waals surface area (Å²) in [5.74, 6) is -0.295. The van der Waals surface area contributed by atoms with Gasteiger partial charge in [0.2, 0.25) is 0 Å². The molecule has 7 nitrogen and oxygen atoms in total. The topological polar surface area (TPSA) is 84.4 Å². The number of carbonyl (C=O) groups excluding carboxylic acids is 2. The number of likely N-dealkylation sites (tertiary alicyclic amines) is 1. The van der Waals surface area contributed by atoms with E-state index in [4.69, 9.17) is 4.74 Å². The smallest absolute Gasteiger partial charge is 0.410 e. The zero-order valence-corrected chi connectivity index (χ0v) is 15.8. The Bertz CT molecular complexity index is 817. The van der Waals surface area contributed by atoms with Crippen LogP contribution >= 0.6 is 0 Å². The molecule has 0 spiro atoms. The Morgan fingerprint density at radius 2 is 1.93 bits per heavy atom. The largest absolute Gasteiger partial charge is 0.444 e. The lowest BCUT2D eigenvalue weighted by atomic mass is 10.1. The minimum Gasteiger partial charge on any atom is -0.444 e. The minimum absolute atomic E-state index is 0.132. The van der Waals surface area contributed by atoms with Gasteiger partial charge in [-0.25, -0.2) is 4.79 Å². The molecule has 7 heteroatoms. The predicted molar refractivity (Wildman–Crippen MR) is 101 cm³/mol. The molecule has 2 aromatic rings. The molecule has 1 fully saturated rings. The molecule has 2 amide bonds. The molecule has 0 saturated carbocycles. The van der Waals surface area contributed by atoms with E-state index in [1.165, 1.54) is 0 Å². The van der Waals surface area contributed by atoms with Gasteiger partial charge in [0.25, 0.3) is 5.91 Å². The molecule has 0 bridgehead atoms. The number of carbonyl (C=O) groups is 2. The van der Waals surface area contributed by atoms with E-state index in [9.17, 15) is 9.59 Å². The normalized spacial score (nSPS) is 16.9. The molecule has 0 radical (unpaired) electrons. The van der Waals surface area contributed by atoms with Crippen molar-refractivity contribution in [2.24, 2.45) is 0 Å². The highest BCUT2D eigenvalue weighted by molar-refractivity contribution is 5.93. The summed E-state index contributed by atoms with van der Waals surface area (Å²) in [6.45, 7) is 6.47. The Morgan fingerprint density at radius 1 is 1.19 bits per heavy atom. The quantitative estimate of drug-likeness (QED) is 0.900. The molecule has 0 unspecified atom stereocenters. The van der Waals surface area contributed by atoms with Crippen molar-refractivity contribution < 1.29 is 14.3 Å². The fraction of sp³-hybridized carbons (Fsp3) is 0.400. The number of aromatic nitrogens is 2. The summed E-state index contributed by atoms with van der Waals surface area (Å²) in [7, 11) is 0. The molecule has 1 atom stereocenters. The van der Waals surface area contributed by atoms with E-state index < -0.39 is 5.60 Å². The third kappa shape index (κ3) is 5.03. The van der Waals surface area contributed by atoms with E-state index >= 15 is 0 Å². The number of nitrogens with zero attached hydrogens (tertiary/aromatic N) is 3. The molecule has 3 rings (SSSR count). The number of ether oxygens (including phenoxy) is 1. The average molecular weight is 368 g/mol. The number of benzene rings is 1. The van der Waals surface area contributed by atoms with Crippen LogP contribution in [0.15, 0.2) is 42.6 Å². The van der Waals surface area contributed by atoms with Gasteiger partial charge in [-0.05, 0) is 38.8 Å². The first-order valence-electron chi connectivity index (χ1n) is 8.99. The number of nitrogens with one attached hydrogen (secondary N) is 1. The van der Waals surface area contributed by atoms with Gasteiger partial charge < -0.3 is 15.0 Å². The van der Waals surface area contributed by atoms with Crippen LogP contribution in [0.1, 0.15) is 37.7 Å². The van der Waals surface area contributed by atoms with Crippen LogP contribution in [-0.2, 0) is 4.74 Å². The maximum absolute atomic E-state index is 12.5. The van der Waals surface area contributed by atoms with Gasteiger partial charge in [-0.2, -0.15) is 5.10 Å². The Hall–Kier alpha value is -2.96. The fourth-order valence-electron chi connectivity index (χ4n) is 2.90. The van der Waals surface area contributed by atoms with Crippen molar-refractivity contribution in [1.82, 2.24) is 20.4 Å². The molecule has 2 heterocycles. The molecular formula is C20H24N4O3. The molecule has 1 aliphatic heterocycles. The van der Waals surface area contributed by atoms with Crippen LogP contribution in [-0.4, -0.2) is 51.8 Å². The van der Waals surface area contributed by atoms with Gasteiger partial charge in [-0.3, -0.25) is 4.79 Å². The van der Waals surface area contributed by atoms with Crippen LogP contribution in [0.4, 0.5) is 4.79 Å². The first kappa shape index (κ1) is 18.8. The molecule has 1 aromatic heterocycles. The number of hydrogen-bond acceptors (Lipinski definition) is 5. The number of hydrogen-bond donors (Lipinski definition) is 1. The summed E-state index contributed by atoms with van der Waals surface area (Å²) in [4.78, 5) is 26.3. The van der Waals surface area contributed by atoms with E-state index in [1.807, 2.05) is 51.1 Å². The van der Waals surface area contributed by atoms with Crippen molar-refractivity contribution in [3.05, 3.63) is 48.3 Å². The van der Waals surface area contributed by atoms with E-state index in [2.05, 4.69) is 15.5 Å². The molecule has 1 aromatic carbocycles. The predicted octanol–water partition coefficient (Wildman–Crippen LogP) is 2.88. The second-order valence-electron chi connectivity index (χ2n) is 7.58. The second kappa shape index (κ2) is 7.73. The van der Waals surface area contributed by atoms with E-state index in [1.54, 1.807) is 17.2 Å². The van der Waals surface area contributed by atoms with Crippen LogP contribution in [0.5, 0.6) is 0 Å². The summed E-state index contributed by atoms with van der Waals surface area (Å²) in [6.07, 6.45) is 1.95. The van der Waals surface area contributed by atoms with Crippen LogP contribution in [0, 0.1) is 0 Å². The zero-order valence-electron chi connectivity index (χ0n) is 15.8. The van der Waals surface area contributed by atoms with Crippen molar-refractivity contribution in [1.29, 1.82) is 0 Å². The highest BCUT2D eigenvalue weighted by Gasteiger charge is 2.30. The first-order chi connectivity index (χ1) is 12.8. The molecule has 1 saturated heterocycles. The average Bonchev–Trinajstić information content (AvgIpc) is 3.10. The lowest BCUT2D eigenvalue weighted by Gasteiger charge is -2.24. The van der Waals surface area contributed by atoms with Crippen molar-refractivity contribution in [3.8, 4) is 11.1 Å². The SMILES string of the molecule is CC(C)(C)OC(=O)N1CC[C@@H](NC(=O)c2cc(-c3ccccc3)cnn2)C1. The van der Waals surface area contributed by atoms with Crippen molar-refractivity contribution in [2.45, 2.75) is 38.8 Å². The standard InChI is InChI=1S/C20H24N4O3/c1-20(2,3)27-19(26)24-10-9-16(13-24)22-18(25)17-11-15(12-21-23-17)14-7-5-4-6-8-14/h4-8,11-12,16H,9-10,13H2,1-3H3,(H,22,25)/t16-/m1/s1. The van der Waals surface area contributed by atoms with Crippen LogP contribution in [0.25, 0.3) is 11.1 Å².